The molecule has 0 radical (unpaired) electrons. The first kappa shape index (κ1) is 19.4. The second-order valence-electron chi connectivity index (χ2n) is 10.0. The van der Waals surface area contributed by atoms with Crippen LogP contribution in [0, 0.1) is 40.4 Å². The van der Waals surface area contributed by atoms with Crippen LogP contribution in [0.4, 0.5) is 0 Å². The van der Waals surface area contributed by atoms with Gasteiger partial charge in [0.2, 0.25) is 0 Å². The standard InChI is InChI=1S/C22H36O.C2H6/c1-4-5-15-7-9-19-18-8-6-16-14-17(23)10-12-22(16,3)20(18)11-13-21(15,19)2;1-2/h15-16,18-20H,4-14H2,1-3H3;1-2H3/t15?,16-,18+,19?,20?,21?,22+;/m1./s1. The van der Waals surface area contributed by atoms with Gasteiger partial charge in [-0.25, -0.2) is 0 Å². The molecule has 4 fully saturated rings. The van der Waals surface area contributed by atoms with Gasteiger partial charge in [0, 0.05) is 12.8 Å². The van der Waals surface area contributed by atoms with Gasteiger partial charge in [0.25, 0.3) is 0 Å². The van der Waals surface area contributed by atoms with Crippen molar-refractivity contribution in [1.29, 1.82) is 0 Å². The smallest absolute Gasteiger partial charge is 0.133 e. The maximum absolute atomic E-state index is 12.0. The molecule has 0 aliphatic heterocycles. The summed E-state index contributed by atoms with van der Waals surface area (Å²) in [6, 6.07) is 0. The summed E-state index contributed by atoms with van der Waals surface area (Å²) in [5, 5.41) is 0. The summed E-state index contributed by atoms with van der Waals surface area (Å²) in [4.78, 5) is 12.0. The predicted molar refractivity (Wildman–Crippen MR) is 106 cm³/mol. The second kappa shape index (κ2) is 7.35. The topological polar surface area (TPSA) is 17.1 Å². The highest BCUT2D eigenvalue weighted by molar-refractivity contribution is 5.79. The normalized spacial score (nSPS) is 48.7. The minimum absolute atomic E-state index is 0.487. The lowest BCUT2D eigenvalue weighted by atomic mass is 9.44. The molecular weight excluding hydrogens is 304 g/mol. The van der Waals surface area contributed by atoms with Gasteiger partial charge < -0.3 is 0 Å². The van der Waals surface area contributed by atoms with Gasteiger partial charge in [0.1, 0.15) is 5.78 Å². The van der Waals surface area contributed by atoms with Crippen LogP contribution < -0.4 is 0 Å². The lowest BCUT2D eigenvalue weighted by Gasteiger charge is -2.60. The van der Waals surface area contributed by atoms with Gasteiger partial charge in [0.15, 0.2) is 0 Å². The van der Waals surface area contributed by atoms with Crippen LogP contribution in [0.15, 0.2) is 0 Å². The highest BCUT2D eigenvalue weighted by Gasteiger charge is 2.59. The Labute approximate surface area is 156 Å². The maximum atomic E-state index is 12.0. The van der Waals surface area contributed by atoms with E-state index in [1.54, 1.807) is 0 Å². The van der Waals surface area contributed by atoms with Gasteiger partial charge in [-0.1, -0.05) is 47.5 Å². The summed E-state index contributed by atoms with van der Waals surface area (Å²) < 4.78 is 0. The van der Waals surface area contributed by atoms with Gasteiger partial charge in [-0.2, -0.15) is 0 Å². The number of carbonyl (C=O) groups excluding carboxylic acids is 1. The van der Waals surface area contributed by atoms with E-state index in [9.17, 15) is 4.79 Å². The van der Waals surface area contributed by atoms with E-state index < -0.39 is 0 Å². The molecule has 0 saturated heterocycles. The highest BCUT2D eigenvalue weighted by Crippen LogP contribution is 2.67. The van der Waals surface area contributed by atoms with E-state index in [-0.39, 0.29) is 0 Å². The fourth-order valence-electron chi connectivity index (χ4n) is 7.98. The number of Topliss-reactive ketones (excluding diaryl/α,β-unsaturated/α-hetero) is 1. The summed E-state index contributed by atoms with van der Waals surface area (Å²) in [7, 11) is 0. The SMILES string of the molecule is CC.CCCC1CCC2[C@@H]3CC[C@@H]4CC(=O)CC[C@]4(C)C3CCC12C. The van der Waals surface area contributed by atoms with Crippen LogP contribution in [-0.4, -0.2) is 5.78 Å². The van der Waals surface area contributed by atoms with E-state index in [1.807, 2.05) is 13.8 Å². The van der Waals surface area contributed by atoms with Crippen molar-refractivity contribution >= 4 is 5.78 Å². The van der Waals surface area contributed by atoms with Crippen molar-refractivity contribution < 1.29 is 4.79 Å². The van der Waals surface area contributed by atoms with Crippen LogP contribution in [0.2, 0.25) is 0 Å². The Morgan fingerprint density at radius 1 is 0.920 bits per heavy atom. The van der Waals surface area contributed by atoms with E-state index in [4.69, 9.17) is 0 Å². The molecule has 1 heteroatoms. The summed E-state index contributed by atoms with van der Waals surface area (Å²) in [5.41, 5.74) is 1.13. The summed E-state index contributed by atoms with van der Waals surface area (Å²) in [6.45, 7) is 11.6. The van der Waals surface area contributed by atoms with Crippen molar-refractivity contribution in [3.63, 3.8) is 0 Å². The molecule has 4 saturated carbocycles. The summed E-state index contributed by atoms with van der Waals surface area (Å²) >= 11 is 0. The molecule has 0 spiro atoms. The molecule has 0 N–H and O–H groups in total. The molecule has 144 valence electrons. The van der Waals surface area contributed by atoms with Crippen LogP contribution in [0.5, 0.6) is 0 Å². The van der Waals surface area contributed by atoms with E-state index in [0.717, 1.165) is 36.5 Å². The molecule has 0 amide bonds. The fourth-order valence-corrected chi connectivity index (χ4v) is 7.98. The Hall–Kier alpha value is -0.330. The maximum Gasteiger partial charge on any atom is 0.133 e. The number of fused-ring (bicyclic) bond motifs is 5. The van der Waals surface area contributed by atoms with Crippen molar-refractivity contribution in [2.24, 2.45) is 40.4 Å². The predicted octanol–water partition coefficient (Wildman–Crippen LogP) is 7.04. The molecule has 4 aliphatic rings. The molecule has 0 aromatic rings. The van der Waals surface area contributed by atoms with E-state index in [2.05, 4.69) is 20.8 Å². The molecule has 0 heterocycles. The third-order valence-corrected chi connectivity index (χ3v) is 9.32. The largest absolute Gasteiger partial charge is 0.300 e. The van der Waals surface area contributed by atoms with Gasteiger partial charge in [0.05, 0.1) is 0 Å². The zero-order valence-corrected chi connectivity index (χ0v) is 17.6. The molecule has 0 aromatic heterocycles. The van der Waals surface area contributed by atoms with Crippen molar-refractivity contribution in [3.8, 4) is 0 Å². The Bertz CT molecular complexity index is 482. The van der Waals surface area contributed by atoms with Gasteiger partial charge in [-0.05, 0) is 85.4 Å². The second-order valence-corrected chi connectivity index (χ2v) is 10.0. The van der Waals surface area contributed by atoms with Crippen molar-refractivity contribution in [2.45, 2.75) is 105 Å². The van der Waals surface area contributed by atoms with Crippen LogP contribution in [0.25, 0.3) is 0 Å². The average Bonchev–Trinajstić information content (AvgIpc) is 2.94. The Kier molecular flexibility index (Phi) is 5.72. The van der Waals surface area contributed by atoms with E-state index >= 15 is 0 Å². The molecule has 4 aliphatic carbocycles. The first-order valence-electron chi connectivity index (χ1n) is 11.5. The zero-order valence-electron chi connectivity index (χ0n) is 17.6. The Morgan fingerprint density at radius 3 is 2.36 bits per heavy atom. The Morgan fingerprint density at radius 2 is 1.64 bits per heavy atom. The lowest BCUT2D eigenvalue weighted by Crippen LogP contribution is -2.53. The molecule has 25 heavy (non-hydrogen) atoms. The number of rotatable bonds is 2. The molecule has 0 bridgehead atoms. The molecule has 4 unspecified atom stereocenters. The van der Waals surface area contributed by atoms with Crippen molar-refractivity contribution in [3.05, 3.63) is 0 Å². The fraction of sp³-hybridized carbons (Fsp3) is 0.958. The van der Waals surface area contributed by atoms with Gasteiger partial charge in [-0.3, -0.25) is 4.79 Å². The number of carbonyl (C=O) groups is 1. The first-order valence-corrected chi connectivity index (χ1v) is 11.5. The molecule has 4 rings (SSSR count). The van der Waals surface area contributed by atoms with Crippen LogP contribution in [0.1, 0.15) is 105 Å². The Balaban J connectivity index is 0.000000880. The highest BCUT2D eigenvalue weighted by atomic mass is 16.1. The number of ketones is 1. The van der Waals surface area contributed by atoms with E-state index in [1.165, 1.54) is 57.8 Å². The summed E-state index contributed by atoms with van der Waals surface area (Å²) in [5.74, 6) is 5.15. The average molecular weight is 347 g/mol. The van der Waals surface area contributed by atoms with Gasteiger partial charge >= 0.3 is 0 Å². The number of hydrogen-bond acceptors (Lipinski definition) is 1. The molecular formula is C24H42O. The third kappa shape index (κ3) is 3.02. The quantitative estimate of drug-likeness (QED) is 0.524. The minimum Gasteiger partial charge on any atom is -0.300 e. The van der Waals surface area contributed by atoms with Crippen molar-refractivity contribution in [1.82, 2.24) is 0 Å². The first-order chi connectivity index (χ1) is 12.0. The molecule has 1 nitrogen and oxygen atoms in total. The van der Waals surface area contributed by atoms with Crippen molar-refractivity contribution in [2.75, 3.05) is 0 Å². The van der Waals surface area contributed by atoms with E-state index in [0.29, 0.717) is 22.5 Å². The van der Waals surface area contributed by atoms with Crippen LogP contribution >= 0.6 is 0 Å². The third-order valence-electron chi connectivity index (χ3n) is 9.32. The zero-order chi connectivity index (χ0) is 18.2. The monoisotopic (exact) mass is 346 g/mol. The summed E-state index contributed by atoms with van der Waals surface area (Å²) in [6.07, 6.45) is 14.5. The van der Waals surface area contributed by atoms with Crippen LogP contribution in [-0.2, 0) is 4.79 Å². The molecule has 0 aromatic carbocycles. The lowest BCUT2D eigenvalue weighted by molar-refractivity contribution is -0.139. The minimum atomic E-state index is 0.487. The number of hydrogen-bond donors (Lipinski definition) is 0. The molecule has 7 atom stereocenters. The van der Waals surface area contributed by atoms with Crippen LogP contribution in [0.3, 0.4) is 0 Å². The van der Waals surface area contributed by atoms with Gasteiger partial charge in [-0.15, -0.1) is 0 Å².